The maximum absolute atomic E-state index is 13.3. The van der Waals surface area contributed by atoms with Crippen LogP contribution in [0.1, 0.15) is 38.3 Å². The molecular weight excluding hydrogens is 479 g/mol. The van der Waals surface area contributed by atoms with Crippen LogP contribution in [-0.4, -0.2) is 42.2 Å². The molecule has 2 amide bonds. The molecule has 180 valence electrons. The number of methoxy groups -OCH3 is 1. The lowest BCUT2D eigenvalue weighted by Crippen LogP contribution is -2.50. The molecule has 1 atom stereocenters. The average Bonchev–Trinajstić information content (AvgIpc) is 2.79. The summed E-state index contributed by atoms with van der Waals surface area (Å²) in [4.78, 5) is 27.9. The number of nitrogens with zero attached hydrogens (tertiary/aromatic N) is 1. The molecule has 1 N–H and O–H groups in total. The summed E-state index contributed by atoms with van der Waals surface area (Å²) >= 11 is 13.6. The molecule has 0 saturated heterocycles. The summed E-state index contributed by atoms with van der Waals surface area (Å²) in [6.07, 6.45) is 0.525. The van der Waals surface area contributed by atoms with Crippen molar-refractivity contribution in [2.24, 2.45) is 5.92 Å². The number of nitrogens with one attached hydrogen (secondary N) is 1. The van der Waals surface area contributed by atoms with Crippen LogP contribution in [0.3, 0.4) is 0 Å². The monoisotopic (exact) mass is 510 g/mol. The van der Waals surface area contributed by atoms with Crippen LogP contribution in [-0.2, 0) is 21.9 Å². The van der Waals surface area contributed by atoms with Gasteiger partial charge in [0.2, 0.25) is 11.8 Å². The van der Waals surface area contributed by atoms with Gasteiger partial charge in [-0.1, -0.05) is 62.2 Å². The summed E-state index contributed by atoms with van der Waals surface area (Å²) in [7, 11) is 1.61. The molecule has 0 heterocycles. The first-order valence-electron chi connectivity index (χ1n) is 11.0. The highest BCUT2D eigenvalue weighted by molar-refractivity contribution is 7.99. The molecule has 33 heavy (non-hydrogen) atoms. The molecule has 2 aromatic carbocycles. The first kappa shape index (κ1) is 27.4. The van der Waals surface area contributed by atoms with Crippen molar-refractivity contribution >= 4 is 46.8 Å². The predicted molar refractivity (Wildman–Crippen MR) is 138 cm³/mol. The van der Waals surface area contributed by atoms with Crippen molar-refractivity contribution in [2.75, 3.05) is 19.4 Å². The van der Waals surface area contributed by atoms with Crippen molar-refractivity contribution in [1.29, 1.82) is 0 Å². The summed E-state index contributed by atoms with van der Waals surface area (Å²) in [5.41, 5.74) is 1.90. The molecule has 0 aliphatic rings. The highest BCUT2D eigenvalue weighted by Crippen LogP contribution is 2.25. The first-order valence-corrected chi connectivity index (χ1v) is 12.9. The topological polar surface area (TPSA) is 58.6 Å². The maximum Gasteiger partial charge on any atom is 0.242 e. The summed E-state index contributed by atoms with van der Waals surface area (Å²) in [6.45, 7) is 6.91. The van der Waals surface area contributed by atoms with Crippen LogP contribution in [0.4, 0.5) is 0 Å². The van der Waals surface area contributed by atoms with Crippen LogP contribution < -0.4 is 10.1 Å². The number of carbonyl (C=O) groups is 2. The van der Waals surface area contributed by atoms with Crippen molar-refractivity contribution in [3.8, 4) is 5.75 Å². The third kappa shape index (κ3) is 8.76. The van der Waals surface area contributed by atoms with Gasteiger partial charge in [-0.15, -0.1) is 11.8 Å². The van der Waals surface area contributed by atoms with E-state index in [1.54, 1.807) is 18.1 Å². The standard InChI is InChI=1S/C25H32Cl2N2O3S/c1-5-23(25(31)28-13-17(2)3)29(14-18-7-6-8-20(11-18)32-4)24(30)16-33-15-19-9-10-21(26)22(27)12-19/h6-12,17,23H,5,13-16H2,1-4H3,(H,28,31)/t23-/m1/s1. The van der Waals surface area contributed by atoms with Crippen molar-refractivity contribution < 1.29 is 14.3 Å². The minimum absolute atomic E-state index is 0.0885. The molecule has 2 aromatic rings. The number of rotatable bonds is 12. The largest absolute Gasteiger partial charge is 0.497 e. The summed E-state index contributed by atoms with van der Waals surface area (Å²) in [5.74, 6) is 1.69. The van der Waals surface area contributed by atoms with Crippen LogP contribution in [0.25, 0.3) is 0 Å². The molecule has 0 saturated carbocycles. The van der Waals surface area contributed by atoms with Crippen LogP contribution in [0, 0.1) is 5.92 Å². The van der Waals surface area contributed by atoms with Gasteiger partial charge in [0.15, 0.2) is 0 Å². The summed E-state index contributed by atoms with van der Waals surface area (Å²) in [6, 6.07) is 12.5. The Morgan fingerprint density at radius 1 is 1.09 bits per heavy atom. The number of benzene rings is 2. The van der Waals surface area contributed by atoms with Crippen molar-refractivity contribution in [3.05, 3.63) is 63.6 Å². The van der Waals surface area contributed by atoms with E-state index in [0.29, 0.717) is 47.0 Å². The Morgan fingerprint density at radius 2 is 1.85 bits per heavy atom. The van der Waals surface area contributed by atoms with Gasteiger partial charge in [0.05, 0.1) is 22.9 Å². The minimum Gasteiger partial charge on any atom is -0.497 e. The van der Waals surface area contributed by atoms with E-state index in [9.17, 15) is 9.59 Å². The van der Waals surface area contributed by atoms with Crippen LogP contribution in [0.5, 0.6) is 5.75 Å². The minimum atomic E-state index is -0.548. The number of ether oxygens (including phenoxy) is 1. The lowest BCUT2D eigenvalue weighted by atomic mass is 10.1. The Kier molecular flexibility index (Phi) is 11.4. The summed E-state index contributed by atoms with van der Waals surface area (Å²) < 4.78 is 5.32. The number of hydrogen-bond donors (Lipinski definition) is 1. The Morgan fingerprint density at radius 3 is 2.48 bits per heavy atom. The lowest BCUT2D eigenvalue weighted by molar-refractivity contribution is -0.139. The molecule has 0 fully saturated rings. The molecule has 0 radical (unpaired) electrons. The number of amides is 2. The molecule has 5 nitrogen and oxygen atoms in total. The van der Waals surface area contributed by atoms with Crippen molar-refractivity contribution in [1.82, 2.24) is 10.2 Å². The zero-order valence-corrected chi connectivity index (χ0v) is 21.9. The molecule has 2 rings (SSSR count). The first-order chi connectivity index (χ1) is 15.7. The second-order valence-electron chi connectivity index (χ2n) is 8.18. The Hall–Kier alpha value is -1.89. The number of halogens is 2. The van der Waals surface area contributed by atoms with E-state index in [0.717, 1.165) is 11.1 Å². The zero-order valence-electron chi connectivity index (χ0n) is 19.6. The van der Waals surface area contributed by atoms with E-state index >= 15 is 0 Å². The molecule has 8 heteroatoms. The molecule has 0 aliphatic heterocycles. The van der Waals surface area contributed by atoms with Gasteiger partial charge in [-0.3, -0.25) is 9.59 Å². The van der Waals surface area contributed by atoms with Crippen molar-refractivity contribution in [2.45, 2.75) is 45.5 Å². The number of carbonyl (C=O) groups excluding carboxylic acids is 2. The van der Waals surface area contributed by atoms with Gasteiger partial charge in [0, 0.05) is 18.8 Å². The molecule has 0 bridgehead atoms. The highest BCUT2D eigenvalue weighted by atomic mass is 35.5. The van der Waals surface area contributed by atoms with Gasteiger partial charge >= 0.3 is 0 Å². The number of thioether (sulfide) groups is 1. The SMILES string of the molecule is CC[C@H](C(=O)NCC(C)C)N(Cc1cccc(OC)c1)C(=O)CSCc1ccc(Cl)c(Cl)c1. The van der Waals surface area contributed by atoms with Crippen LogP contribution >= 0.6 is 35.0 Å². The molecular formula is C25H32Cl2N2O3S. The third-order valence-electron chi connectivity index (χ3n) is 5.04. The van der Waals surface area contributed by atoms with E-state index in [4.69, 9.17) is 27.9 Å². The fourth-order valence-corrected chi connectivity index (χ4v) is 4.46. The van der Waals surface area contributed by atoms with Crippen LogP contribution in [0.2, 0.25) is 10.0 Å². The normalized spacial score (nSPS) is 11.8. The second-order valence-corrected chi connectivity index (χ2v) is 9.98. The molecule has 0 aromatic heterocycles. The van der Waals surface area contributed by atoms with Gasteiger partial charge in [-0.05, 0) is 47.7 Å². The fraction of sp³-hybridized carbons (Fsp3) is 0.440. The quantitative estimate of drug-likeness (QED) is 0.391. The van der Waals surface area contributed by atoms with E-state index < -0.39 is 6.04 Å². The summed E-state index contributed by atoms with van der Waals surface area (Å²) in [5, 5.41) is 3.98. The predicted octanol–water partition coefficient (Wildman–Crippen LogP) is 5.81. The molecule has 0 unspecified atom stereocenters. The molecule has 0 aliphatic carbocycles. The van der Waals surface area contributed by atoms with Crippen molar-refractivity contribution in [3.63, 3.8) is 0 Å². The second kappa shape index (κ2) is 13.7. The number of hydrogen-bond acceptors (Lipinski definition) is 4. The van der Waals surface area contributed by atoms with Gasteiger partial charge in [-0.2, -0.15) is 0 Å². The van der Waals surface area contributed by atoms with E-state index in [-0.39, 0.29) is 17.6 Å². The van der Waals surface area contributed by atoms with Gasteiger partial charge < -0.3 is 15.0 Å². The Balaban J connectivity index is 2.15. The highest BCUT2D eigenvalue weighted by Gasteiger charge is 2.28. The third-order valence-corrected chi connectivity index (χ3v) is 6.76. The Bertz CT molecular complexity index is 940. The maximum atomic E-state index is 13.3. The smallest absolute Gasteiger partial charge is 0.242 e. The van der Waals surface area contributed by atoms with E-state index in [1.165, 1.54) is 11.8 Å². The van der Waals surface area contributed by atoms with E-state index in [2.05, 4.69) is 5.32 Å². The Labute approximate surface area is 211 Å². The van der Waals surface area contributed by atoms with Gasteiger partial charge in [-0.25, -0.2) is 0 Å². The fourth-order valence-electron chi connectivity index (χ4n) is 3.28. The van der Waals surface area contributed by atoms with E-state index in [1.807, 2.05) is 57.2 Å². The zero-order chi connectivity index (χ0) is 24.4. The average molecular weight is 512 g/mol. The van der Waals surface area contributed by atoms with Gasteiger partial charge in [0.25, 0.3) is 0 Å². The molecule has 0 spiro atoms. The van der Waals surface area contributed by atoms with Crippen LogP contribution in [0.15, 0.2) is 42.5 Å². The lowest BCUT2D eigenvalue weighted by Gasteiger charge is -2.31. The van der Waals surface area contributed by atoms with Gasteiger partial charge in [0.1, 0.15) is 11.8 Å².